The summed E-state index contributed by atoms with van der Waals surface area (Å²) in [4.78, 5) is 10.6. The number of halogens is 3. The van der Waals surface area contributed by atoms with Crippen LogP contribution in [0.5, 0.6) is 0 Å². The van der Waals surface area contributed by atoms with Crippen LogP contribution in [0.4, 0.5) is 36.4 Å². The van der Waals surface area contributed by atoms with Gasteiger partial charge in [0, 0.05) is 42.8 Å². The van der Waals surface area contributed by atoms with E-state index in [0.29, 0.717) is 18.7 Å². The predicted molar refractivity (Wildman–Crippen MR) is 125 cm³/mol. The number of anilines is 4. The van der Waals surface area contributed by atoms with Gasteiger partial charge < -0.3 is 26.7 Å². The SMILES string of the molecule is CS(=O)(=O)C1CN(c2nc(N[C@H]3C[C@](C)(N)C3)nc(Nc3cccc(C(F)(F)F)c3)c2C=N)C1. The van der Waals surface area contributed by atoms with E-state index in [4.69, 9.17) is 11.1 Å². The minimum Gasteiger partial charge on any atom is -0.353 e. The van der Waals surface area contributed by atoms with E-state index in [1.165, 1.54) is 18.4 Å². The Labute approximate surface area is 195 Å². The second kappa shape index (κ2) is 8.38. The van der Waals surface area contributed by atoms with Crippen molar-refractivity contribution in [1.82, 2.24) is 9.97 Å². The molecule has 1 saturated carbocycles. The zero-order valence-corrected chi connectivity index (χ0v) is 19.5. The van der Waals surface area contributed by atoms with Gasteiger partial charge in [0.05, 0.1) is 16.4 Å². The van der Waals surface area contributed by atoms with E-state index in [9.17, 15) is 21.6 Å². The maximum atomic E-state index is 13.2. The first-order valence-electron chi connectivity index (χ1n) is 10.6. The first kappa shape index (κ1) is 24.2. The minimum atomic E-state index is -4.51. The van der Waals surface area contributed by atoms with Crippen molar-refractivity contribution in [3.05, 3.63) is 35.4 Å². The Morgan fingerprint density at radius 3 is 2.50 bits per heavy atom. The molecule has 2 heterocycles. The molecule has 5 N–H and O–H groups in total. The predicted octanol–water partition coefficient (Wildman–Crippen LogP) is 2.76. The molecule has 1 aliphatic carbocycles. The molecule has 2 aromatic rings. The van der Waals surface area contributed by atoms with Crippen molar-refractivity contribution < 1.29 is 21.6 Å². The summed E-state index contributed by atoms with van der Waals surface area (Å²) in [6.07, 6.45) is -0.963. The normalized spacial score (nSPS) is 23.1. The van der Waals surface area contributed by atoms with Crippen molar-refractivity contribution in [3.8, 4) is 0 Å². The van der Waals surface area contributed by atoms with Crippen molar-refractivity contribution >= 4 is 39.3 Å². The molecule has 34 heavy (non-hydrogen) atoms. The molecule has 4 rings (SSSR count). The number of alkyl halides is 3. The zero-order valence-electron chi connectivity index (χ0n) is 18.6. The molecule has 2 aliphatic rings. The van der Waals surface area contributed by atoms with Gasteiger partial charge in [-0.3, -0.25) is 0 Å². The Morgan fingerprint density at radius 2 is 1.94 bits per heavy atom. The average Bonchev–Trinajstić information content (AvgIpc) is 2.64. The molecule has 0 radical (unpaired) electrons. The highest BCUT2D eigenvalue weighted by Gasteiger charge is 2.39. The quantitative estimate of drug-likeness (QED) is 0.429. The fraction of sp³-hybridized carbons (Fsp3) is 0.476. The number of sulfone groups is 1. The second-order valence-corrected chi connectivity index (χ2v) is 11.6. The molecule has 9 nitrogen and oxygen atoms in total. The molecule has 1 saturated heterocycles. The van der Waals surface area contributed by atoms with Crippen LogP contribution in [0.2, 0.25) is 0 Å². The van der Waals surface area contributed by atoms with Gasteiger partial charge in [0.15, 0.2) is 9.84 Å². The Bertz CT molecular complexity index is 1200. The molecular weight excluding hydrogens is 471 g/mol. The summed E-state index contributed by atoms with van der Waals surface area (Å²) in [6.45, 7) is 2.33. The molecule has 0 bridgehead atoms. The van der Waals surface area contributed by atoms with Gasteiger partial charge in [-0.2, -0.15) is 23.1 Å². The lowest BCUT2D eigenvalue weighted by Gasteiger charge is -2.43. The highest BCUT2D eigenvalue weighted by Crippen LogP contribution is 2.36. The zero-order chi connectivity index (χ0) is 24.9. The third-order valence-corrected chi connectivity index (χ3v) is 7.54. The highest BCUT2D eigenvalue weighted by molar-refractivity contribution is 7.91. The topological polar surface area (TPSA) is 137 Å². The molecular formula is C21H26F3N7O2S. The fourth-order valence-corrected chi connectivity index (χ4v) is 5.04. The Kier molecular flexibility index (Phi) is 5.96. The molecule has 0 atom stereocenters. The Hall–Kier alpha value is -2.93. The van der Waals surface area contributed by atoms with E-state index in [-0.39, 0.29) is 47.7 Å². The van der Waals surface area contributed by atoms with E-state index in [0.717, 1.165) is 18.3 Å². The van der Waals surface area contributed by atoms with Gasteiger partial charge in [-0.05, 0) is 38.0 Å². The first-order valence-corrected chi connectivity index (χ1v) is 12.6. The van der Waals surface area contributed by atoms with Crippen LogP contribution in [0.15, 0.2) is 24.3 Å². The highest BCUT2D eigenvalue weighted by atomic mass is 32.2. The summed E-state index contributed by atoms with van der Waals surface area (Å²) in [5.74, 6) is 0.689. The van der Waals surface area contributed by atoms with Gasteiger partial charge in [-0.15, -0.1) is 0 Å². The van der Waals surface area contributed by atoms with Crippen LogP contribution in [0.25, 0.3) is 0 Å². The Balaban J connectivity index is 1.68. The molecule has 1 aromatic carbocycles. The lowest BCUT2D eigenvalue weighted by molar-refractivity contribution is -0.137. The summed E-state index contributed by atoms with van der Waals surface area (Å²) in [5.41, 5.74) is 5.34. The van der Waals surface area contributed by atoms with Crippen LogP contribution < -0.4 is 21.3 Å². The van der Waals surface area contributed by atoms with E-state index in [1.54, 1.807) is 4.90 Å². The molecule has 184 valence electrons. The van der Waals surface area contributed by atoms with Gasteiger partial charge in [0.1, 0.15) is 11.6 Å². The molecule has 0 spiro atoms. The summed E-state index contributed by atoms with van der Waals surface area (Å²) < 4.78 is 63.2. The van der Waals surface area contributed by atoms with Crippen molar-refractivity contribution in [1.29, 1.82) is 5.41 Å². The number of nitrogens with one attached hydrogen (secondary N) is 3. The van der Waals surface area contributed by atoms with Crippen LogP contribution in [0, 0.1) is 5.41 Å². The van der Waals surface area contributed by atoms with Gasteiger partial charge in [-0.1, -0.05) is 6.07 Å². The standard InChI is InChI=1S/C21H26F3N7O2S/c1-20(26)7-14(8-20)28-19-29-17(27-13-5-3-4-12(6-13)21(22,23)24)16(9-25)18(30-19)31-10-15(11-31)34(2,32)33/h3-6,9,14-15,25H,7-8,10-11,26H2,1-2H3,(H2,27,28,29,30)/t14-,20-. The summed E-state index contributed by atoms with van der Waals surface area (Å²) in [6, 6.07) is 4.69. The van der Waals surface area contributed by atoms with E-state index in [1.807, 2.05) is 6.92 Å². The van der Waals surface area contributed by atoms with Crippen LogP contribution in [-0.4, -0.2) is 60.8 Å². The molecule has 0 amide bonds. The summed E-state index contributed by atoms with van der Waals surface area (Å²) in [7, 11) is -3.23. The molecule has 1 aliphatic heterocycles. The third kappa shape index (κ3) is 5.09. The number of hydrogen-bond donors (Lipinski definition) is 4. The fourth-order valence-electron chi connectivity index (χ4n) is 4.13. The van der Waals surface area contributed by atoms with Crippen LogP contribution >= 0.6 is 0 Å². The lowest BCUT2D eigenvalue weighted by Crippen LogP contribution is -2.55. The number of aromatic nitrogens is 2. The maximum Gasteiger partial charge on any atom is 0.416 e. The number of nitrogens with two attached hydrogens (primary N) is 1. The van der Waals surface area contributed by atoms with Crippen molar-refractivity contribution in [2.75, 3.05) is 34.9 Å². The van der Waals surface area contributed by atoms with Gasteiger partial charge in [-0.25, -0.2) is 8.42 Å². The van der Waals surface area contributed by atoms with Crippen molar-refractivity contribution in [3.63, 3.8) is 0 Å². The van der Waals surface area contributed by atoms with E-state index < -0.39 is 26.8 Å². The van der Waals surface area contributed by atoms with Crippen molar-refractivity contribution in [2.45, 2.75) is 42.8 Å². The van der Waals surface area contributed by atoms with Crippen LogP contribution in [0.1, 0.15) is 30.9 Å². The van der Waals surface area contributed by atoms with E-state index in [2.05, 4.69) is 20.6 Å². The van der Waals surface area contributed by atoms with Crippen LogP contribution in [0.3, 0.4) is 0 Å². The second-order valence-electron chi connectivity index (χ2n) is 9.24. The number of hydrogen-bond acceptors (Lipinski definition) is 9. The van der Waals surface area contributed by atoms with Gasteiger partial charge in [0.2, 0.25) is 5.95 Å². The van der Waals surface area contributed by atoms with Gasteiger partial charge >= 0.3 is 6.18 Å². The number of benzene rings is 1. The minimum absolute atomic E-state index is 0.0234. The summed E-state index contributed by atoms with van der Waals surface area (Å²) in [5, 5.41) is 13.4. The maximum absolute atomic E-state index is 13.2. The average molecular weight is 498 g/mol. The summed E-state index contributed by atoms with van der Waals surface area (Å²) >= 11 is 0. The molecule has 13 heteroatoms. The van der Waals surface area contributed by atoms with Crippen molar-refractivity contribution in [2.24, 2.45) is 5.73 Å². The molecule has 1 aromatic heterocycles. The van der Waals surface area contributed by atoms with Gasteiger partial charge in [0.25, 0.3) is 0 Å². The first-order chi connectivity index (χ1) is 15.7. The van der Waals surface area contributed by atoms with E-state index >= 15 is 0 Å². The Morgan fingerprint density at radius 1 is 1.26 bits per heavy atom. The monoisotopic (exact) mass is 497 g/mol. The largest absolute Gasteiger partial charge is 0.416 e. The van der Waals surface area contributed by atoms with Crippen LogP contribution in [-0.2, 0) is 16.0 Å². The smallest absolute Gasteiger partial charge is 0.353 e. The lowest BCUT2D eigenvalue weighted by atomic mass is 9.75. The molecule has 0 unspecified atom stereocenters. The molecule has 2 fully saturated rings. The third-order valence-electron chi connectivity index (χ3n) is 6.03. The number of rotatable bonds is 7. The number of nitrogens with zero attached hydrogens (tertiary/aromatic N) is 3.